The first-order valence-corrected chi connectivity index (χ1v) is 23.0. The number of hydrogen-bond donors (Lipinski definition) is 4. The molecular weight excluding hydrogens is 889 g/mol. The molecule has 0 saturated heterocycles. The van der Waals surface area contributed by atoms with Crippen molar-refractivity contribution in [2.45, 2.75) is 87.5 Å². The molecule has 0 bridgehead atoms. The van der Waals surface area contributed by atoms with Crippen molar-refractivity contribution in [3.8, 4) is 23.0 Å². The number of amides is 3. The second-order valence-electron chi connectivity index (χ2n) is 16.9. The van der Waals surface area contributed by atoms with Crippen LogP contribution < -0.4 is 31.2 Å². The third-order valence-electron chi connectivity index (χ3n) is 11.3. The lowest BCUT2D eigenvalue weighted by Gasteiger charge is -2.19. The summed E-state index contributed by atoms with van der Waals surface area (Å²) in [5.74, 6) is 3.72. The van der Waals surface area contributed by atoms with E-state index in [0.717, 1.165) is 45.3 Å². The van der Waals surface area contributed by atoms with Crippen molar-refractivity contribution in [2.75, 3.05) is 34.8 Å². The molecule has 5 N–H and O–H groups in total. The van der Waals surface area contributed by atoms with Gasteiger partial charge < -0.3 is 45.7 Å². The first-order chi connectivity index (χ1) is 33.4. The fourth-order valence-corrected chi connectivity index (χ4v) is 7.64. The number of benzene rings is 4. The van der Waals surface area contributed by atoms with Crippen molar-refractivity contribution < 1.29 is 38.2 Å². The van der Waals surface area contributed by atoms with Gasteiger partial charge >= 0.3 is 11.9 Å². The first-order valence-electron chi connectivity index (χ1n) is 23.0. The van der Waals surface area contributed by atoms with Crippen LogP contribution in [0, 0.1) is 13.8 Å². The number of carbonyl (C=O) groups excluding carboxylic acids is 5. The average molecular weight is 949 g/mol. The fraction of sp³-hybridized carbons (Fsp3) is 0.278. The number of nitrogens with one attached hydrogen (secondary N) is 3. The highest BCUT2D eigenvalue weighted by Gasteiger charge is 2.32. The molecule has 0 aliphatic carbocycles. The Morgan fingerprint density at radius 3 is 1.33 bits per heavy atom. The smallest absolute Gasteiger partial charge is 0.310 e. The van der Waals surface area contributed by atoms with Crippen LogP contribution in [0.15, 0.2) is 109 Å². The molecule has 2 aliphatic rings. The van der Waals surface area contributed by atoms with Crippen molar-refractivity contribution in [1.82, 2.24) is 19.8 Å². The molecule has 0 saturated carbocycles. The number of aromatic nitrogens is 2. The number of anilines is 4. The predicted octanol–water partition coefficient (Wildman–Crippen LogP) is 10.3. The average Bonchev–Trinajstić information content (AvgIpc) is 3.82. The normalized spacial score (nSPS) is 13.0. The van der Waals surface area contributed by atoms with Crippen molar-refractivity contribution in [1.29, 1.82) is 0 Å². The summed E-state index contributed by atoms with van der Waals surface area (Å²) < 4.78 is 15.8. The minimum atomic E-state index is -0.562. The van der Waals surface area contributed by atoms with Crippen LogP contribution in [0.1, 0.15) is 115 Å². The Balaban J connectivity index is 0.000000203. The zero-order valence-electron chi connectivity index (χ0n) is 41.0. The highest BCUT2D eigenvalue weighted by atomic mass is 16.6. The monoisotopic (exact) mass is 948 g/mol. The number of hydrogen-bond acceptors (Lipinski definition) is 13. The van der Waals surface area contributed by atoms with Gasteiger partial charge in [0.1, 0.15) is 46.3 Å². The van der Waals surface area contributed by atoms with Gasteiger partial charge in [0.05, 0.1) is 24.2 Å². The number of rotatable bonds is 13. The van der Waals surface area contributed by atoms with Crippen LogP contribution in [0.2, 0.25) is 0 Å². The SMILES string of the molecule is CC(=O)OC(C)=O.CCN1Cc2c(cc(N)nc2N[C@@H](C)c2ccc(Oc3ccc(C)cc3)cc2)C1=O.CCN1Cc2c(cc(NC(C)=O)nc2N[C@@H](C)c2ccc(Oc3ccc(C)cc3)cc2)C1=O. The van der Waals surface area contributed by atoms with E-state index < -0.39 is 11.9 Å². The standard InChI is InChI=1S/C26H28N4O3.C24H26N4O2.C4H6O3/c1-5-30-15-23-22(26(30)32)14-24(28-18(4)31)29-25(23)27-17(3)19-8-12-21(13-9-19)33-20-10-6-16(2)7-11-20;1-4-28-14-21-20(24(28)29)13-22(25)27-23(21)26-16(3)17-7-11-19(12-8-17)30-18-9-5-15(2)6-10-18;1-3(5)7-4(2)6/h6-14,17H,5,15H2,1-4H3,(H2,27,28,29,31);5-13,16H,4,14H2,1-3H3,(H3,25,26,27);1-2H3/t17-;16-;/m00./s1. The van der Waals surface area contributed by atoms with Gasteiger partial charge in [-0.05, 0) is 113 Å². The van der Waals surface area contributed by atoms with Gasteiger partial charge in [-0.15, -0.1) is 0 Å². The maximum absolute atomic E-state index is 12.7. The van der Waals surface area contributed by atoms with Crippen LogP contribution in [0.5, 0.6) is 23.0 Å². The van der Waals surface area contributed by atoms with Crippen molar-refractivity contribution in [2.24, 2.45) is 0 Å². The number of pyridine rings is 2. The van der Waals surface area contributed by atoms with Crippen LogP contribution in [0.3, 0.4) is 0 Å². The van der Waals surface area contributed by atoms with Crippen LogP contribution in [0.25, 0.3) is 0 Å². The van der Waals surface area contributed by atoms with Crippen molar-refractivity contribution in [3.63, 3.8) is 0 Å². The summed E-state index contributed by atoms with van der Waals surface area (Å²) in [5.41, 5.74) is 13.4. The molecule has 6 aromatic rings. The predicted molar refractivity (Wildman–Crippen MR) is 270 cm³/mol. The summed E-state index contributed by atoms with van der Waals surface area (Å²) in [7, 11) is 0. The molecule has 3 amide bonds. The summed E-state index contributed by atoms with van der Waals surface area (Å²) in [5, 5.41) is 9.56. The summed E-state index contributed by atoms with van der Waals surface area (Å²) in [6, 6.07) is 34.9. The Morgan fingerprint density at radius 2 is 0.971 bits per heavy atom. The highest BCUT2D eigenvalue weighted by molar-refractivity contribution is 6.02. The quantitative estimate of drug-likeness (QED) is 0.0629. The van der Waals surface area contributed by atoms with Crippen LogP contribution in [0.4, 0.5) is 23.3 Å². The molecule has 0 fully saturated rings. The molecule has 2 aliphatic heterocycles. The van der Waals surface area contributed by atoms with Gasteiger partial charge in [-0.1, -0.05) is 59.7 Å². The van der Waals surface area contributed by atoms with Gasteiger partial charge in [-0.3, -0.25) is 24.0 Å². The summed E-state index contributed by atoms with van der Waals surface area (Å²) in [4.78, 5) is 69.0. The first kappa shape index (κ1) is 51.1. The fourth-order valence-electron chi connectivity index (χ4n) is 7.64. The maximum atomic E-state index is 12.7. The Hall–Kier alpha value is -8.27. The molecule has 16 nitrogen and oxygen atoms in total. The number of nitrogen functional groups attached to an aromatic ring is 1. The Morgan fingerprint density at radius 1 is 0.600 bits per heavy atom. The van der Waals surface area contributed by atoms with E-state index in [1.165, 1.54) is 31.9 Å². The molecular formula is C54H60N8O8. The molecule has 2 aromatic heterocycles. The molecule has 4 heterocycles. The zero-order chi connectivity index (χ0) is 50.6. The maximum Gasteiger partial charge on any atom is 0.310 e. The second-order valence-corrected chi connectivity index (χ2v) is 16.9. The molecule has 4 aromatic carbocycles. The molecule has 0 spiro atoms. The topological polar surface area (TPSA) is 207 Å². The van der Waals surface area contributed by atoms with Gasteiger partial charge in [0, 0.05) is 57.1 Å². The Labute approximate surface area is 408 Å². The number of ether oxygens (including phenoxy) is 3. The summed E-state index contributed by atoms with van der Waals surface area (Å²) in [6.45, 7) is 18.2. The molecule has 70 heavy (non-hydrogen) atoms. The van der Waals surface area contributed by atoms with E-state index in [-0.39, 0.29) is 29.8 Å². The van der Waals surface area contributed by atoms with Crippen LogP contribution in [-0.4, -0.2) is 62.5 Å². The minimum Gasteiger partial charge on any atom is -0.457 e. The van der Waals surface area contributed by atoms with Crippen molar-refractivity contribution in [3.05, 3.63) is 154 Å². The van der Waals surface area contributed by atoms with Crippen LogP contribution in [-0.2, 0) is 32.2 Å². The van der Waals surface area contributed by atoms with Gasteiger partial charge in [0.15, 0.2) is 0 Å². The van der Waals surface area contributed by atoms with E-state index >= 15 is 0 Å². The van der Waals surface area contributed by atoms with Gasteiger partial charge in [0.2, 0.25) is 5.91 Å². The molecule has 8 rings (SSSR count). The number of aryl methyl sites for hydroxylation is 2. The lowest BCUT2D eigenvalue weighted by Crippen LogP contribution is -2.23. The third kappa shape index (κ3) is 13.5. The van der Waals surface area contributed by atoms with Gasteiger partial charge in [0.25, 0.3) is 11.8 Å². The van der Waals surface area contributed by atoms with E-state index in [1.54, 1.807) is 21.9 Å². The van der Waals surface area contributed by atoms with E-state index in [2.05, 4.69) is 37.6 Å². The molecule has 0 radical (unpaired) electrons. The van der Waals surface area contributed by atoms with Gasteiger partial charge in [-0.25, -0.2) is 9.97 Å². The zero-order valence-corrected chi connectivity index (χ0v) is 41.0. The number of nitrogens with zero attached hydrogens (tertiary/aromatic N) is 4. The summed E-state index contributed by atoms with van der Waals surface area (Å²) >= 11 is 0. The minimum absolute atomic E-state index is 0.00918. The molecule has 364 valence electrons. The molecule has 2 atom stereocenters. The lowest BCUT2D eigenvalue weighted by molar-refractivity contribution is -0.156. The van der Waals surface area contributed by atoms with Crippen LogP contribution >= 0.6 is 0 Å². The number of carbonyl (C=O) groups is 5. The largest absolute Gasteiger partial charge is 0.457 e. The van der Waals surface area contributed by atoms with Gasteiger partial charge in [-0.2, -0.15) is 0 Å². The molecule has 0 unspecified atom stereocenters. The number of fused-ring (bicyclic) bond motifs is 2. The molecule has 16 heteroatoms. The van der Waals surface area contributed by atoms with E-state index in [1.807, 2.05) is 132 Å². The van der Waals surface area contributed by atoms with E-state index in [9.17, 15) is 24.0 Å². The lowest BCUT2D eigenvalue weighted by atomic mass is 10.1. The Kier molecular flexibility index (Phi) is 16.9. The van der Waals surface area contributed by atoms with E-state index in [4.69, 9.17) is 15.2 Å². The second kappa shape index (κ2) is 23.2. The highest BCUT2D eigenvalue weighted by Crippen LogP contribution is 2.35. The summed E-state index contributed by atoms with van der Waals surface area (Å²) in [6.07, 6.45) is 0. The van der Waals surface area contributed by atoms with Crippen molar-refractivity contribution >= 4 is 52.9 Å². The number of esters is 2. The van der Waals surface area contributed by atoms with E-state index in [0.29, 0.717) is 60.6 Å². The Bertz CT molecular complexity index is 2820. The third-order valence-corrected chi connectivity index (χ3v) is 11.3. The number of nitrogens with two attached hydrogens (primary N) is 1.